The minimum absolute atomic E-state index is 0.0102. The first-order valence-electron chi connectivity index (χ1n) is 12.9. The maximum absolute atomic E-state index is 7.21. The molecule has 0 aromatic carbocycles. The van der Waals surface area contributed by atoms with Crippen LogP contribution in [0.4, 0.5) is 0 Å². The van der Waals surface area contributed by atoms with Crippen LogP contribution in [0.5, 0.6) is 0 Å². The molecule has 0 bridgehead atoms. The summed E-state index contributed by atoms with van der Waals surface area (Å²) in [5.41, 5.74) is 0.592. The van der Waals surface area contributed by atoms with Gasteiger partial charge in [0.25, 0.3) is 0 Å². The van der Waals surface area contributed by atoms with Crippen LogP contribution in [-0.2, 0) is 21.8 Å². The van der Waals surface area contributed by atoms with Gasteiger partial charge in [0, 0.05) is 24.4 Å². The van der Waals surface area contributed by atoms with Crippen molar-refractivity contribution in [2.45, 2.75) is 157 Å². The van der Waals surface area contributed by atoms with Crippen molar-refractivity contribution in [2.75, 3.05) is 0 Å². The second-order valence-electron chi connectivity index (χ2n) is 9.29. The van der Waals surface area contributed by atoms with E-state index in [4.69, 9.17) is 21.8 Å². The molecular formula is C24H54O5Si2. The summed E-state index contributed by atoms with van der Waals surface area (Å²) in [4.78, 5) is 0. The third-order valence-electron chi connectivity index (χ3n) is 6.60. The Morgan fingerprint density at radius 3 is 1.00 bits per heavy atom. The molecule has 0 radical (unpaired) electrons. The predicted molar refractivity (Wildman–Crippen MR) is 135 cm³/mol. The highest BCUT2D eigenvalue weighted by atomic mass is 28.5. The summed E-state index contributed by atoms with van der Waals surface area (Å²) in [5, 5.41) is 0. The molecule has 0 aliphatic carbocycles. The predicted octanol–water partition coefficient (Wildman–Crippen LogP) is 7.74. The lowest BCUT2D eigenvalue weighted by Gasteiger charge is -2.46. The fourth-order valence-corrected chi connectivity index (χ4v) is 12.7. The van der Waals surface area contributed by atoms with Crippen LogP contribution in [0.25, 0.3) is 0 Å². The van der Waals surface area contributed by atoms with Gasteiger partial charge in [0.2, 0.25) is 0 Å². The quantitative estimate of drug-likeness (QED) is 0.188. The summed E-state index contributed by atoms with van der Waals surface area (Å²) in [7, 11) is -6.26. The fourth-order valence-electron chi connectivity index (χ4n) is 3.25. The van der Waals surface area contributed by atoms with Crippen molar-refractivity contribution in [3.05, 3.63) is 0 Å². The van der Waals surface area contributed by atoms with E-state index in [9.17, 15) is 0 Å². The van der Waals surface area contributed by atoms with Crippen molar-refractivity contribution in [3.8, 4) is 0 Å². The second-order valence-corrected chi connectivity index (χ2v) is 15.5. The molecule has 188 valence electrons. The molecule has 0 fully saturated rings. The Morgan fingerprint density at radius 2 is 0.742 bits per heavy atom. The van der Waals surface area contributed by atoms with Crippen LogP contribution in [0.3, 0.4) is 0 Å². The average Bonchev–Trinajstić information content (AvgIpc) is 2.76. The van der Waals surface area contributed by atoms with E-state index >= 15 is 0 Å². The Morgan fingerprint density at radius 1 is 0.452 bits per heavy atom. The largest absolute Gasteiger partial charge is 0.671 e. The van der Waals surface area contributed by atoms with Crippen molar-refractivity contribution in [3.63, 3.8) is 0 Å². The molecule has 0 rings (SSSR count). The topological polar surface area (TPSA) is 46.2 Å². The van der Waals surface area contributed by atoms with Crippen molar-refractivity contribution in [2.24, 2.45) is 0 Å². The van der Waals surface area contributed by atoms with Gasteiger partial charge in [-0.15, -0.1) is 0 Å². The minimum Gasteiger partial charge on any atom is -0.392 e. The first-order valence-corrected chi connectivity index (χ1v) is 16.5. The van der Waals surface area contributed by atoms with Crippen LogP contribution in [0.2, 0.25) is 11.1 Å². The molecular weight excluding hydrogens is 424 g/mol. The highest BCUT2D eigenvalue weighted by Crippen LogP contribution is 2.43. The summed E-state index contributed by atoms with van der Waals surface area (Å²) >= 11 is 0. The molecule has 0 amide bonds. The maximum atomic E-state index is 7.21. The standard InChI is InChI=1S/C24H54O5Si2/c1-13-19(7)25-30(23(11)17-5,24(12)18-6)29-31(26-20(8)14-2,27-21(9)15-3)28-22(10)16-4/h19-24H,13-18H2,1-12H3. The van der Waals surface area contributed by atoms with E-state index in [1.54, 1.807) is 0 Å². The fraction of sp³-hybridized carbons (Fsp3) is 1.00. The first-order chi connectivity index (χ1) is 14.5. The normalized spacial score (nSPS) is 22.1. The summed E-state index contributed by atoms with van der Waals surface area (Å²) in [6.45, 7) is 25.9. The monoisotopic (exact) mass is 478 g/mol. The molecule has 0 aliphatic heterocycles. The Kier molecular flexibility index (Phi) is 15.3. The molecule has 31 heavy (non-hydrogen) atoms. The number of hydrogen-bond acceptors (Lipinski definition) is 5. The Bertz CT molecular complexity index is 424. The summed E-state index contributed by atoms with van der Waals surface area (Å²) in [6.07, 6.45) is 5.65. The van der Waals surface area contributed by atoms with Gasteiger partial charge in [-0.2, -0.15) is 0 Å². The maximum Gasteiger partial charge on any atom is 0.671 e. The van der Waals surface area contributed by atoms with Crippen LogP contribution in [0.1, 0.15) is 122 Å². The zero-order chi connectivity index (χ0) is 24.2. The lowest BCUT2D eigenvalue weighted by molar-refractivity contribution is -0.0694. The highest BCUT2D eigenvalue weighted by Gasteiger charge is 2.60. The molecule has 0 N–H and O–H groups in total. The van der Waals surface area contributed by atoms with Gasteiger partial charge < -0.3 is 21.8 Å². The third kappa shape index (κ3) is 9.55. The molecule has 0 aromatic rings. The molecule has 0 aromatic heterocycles. The van der Waals surface area contributed by atoms with Gasteiger partial charge in [-0.1, -0.05) is 68.2 Å². The van der Waals surface area contributed by atoms with Gasteiger partial charge in [-0.25, -0.2) is 0 Å². The van der Waals surface area contributed by atoms with Crippen molar-refractivity contribution < 1.29 is 21.8 Å². The summed E-state index contributed by atoms with van der Waals surface area (Å²) < 4.78 is 34.0. The smallest absolute Gasteiger partial charge is 0.392 e. The Labute approximate surface area is 196 Å². The van der Waals surface area contributed by atoms with Gasteiger partial charge in [0.05, 0.1) is 0 Å². The van der Waals surface area contributed by atoms with Crippen molar-refractivity contribution >= 4 is 17.6 Å². The zero-order valence-corrected chi connectivity index (χ0v) is 24.7. The molecule has 0 saturated carbocycles. The van der Waals surface area contributed by atoms with E-state index in [1.165, 1.54) is 0 Å². The molecule has 0 heterocycles. The van der Waals surface area contributed by atoms with Crippen LogP contribution >= 0.6 is 0 Å². The Hall–Kier alpha value is 0.234. The van der Waals surface area contributed by atoms with Gasteiger partial charge in [-0.05, 0) is 64.5 Å². The Balaban J connectivity index is 6.62. The molecule has 0 spiro atoms. The van der Waals surface area contributed by atoms with E-state index < -0.39 is 17.6 Å². The van der Waals surface area contributed by atoms with Crippen LogP contribution < -0.4 is 0 Å². The van der Waals surface area contributed by atoms with Crippen molar-refractivity contribution in [1.82, 2.24) is 0 Å². The zero-order valence-electron chi connectivity index (χ0n) is 22.7. The molecule has 5 nitrogen and oxygen atoms in total. The van der Waals surface area contributed by atoms with Crippen LogP contribution in [0, 0.1) is 0 Å². The third-order valence-corrected chi connectivity index (χ3v) is 15.3. The van der Waals surface area contributed by atoms with Crippen LogP contribution in [0.15, 0.2) is 0 Å². The van der Waals surface area contributed by atoms with E-state index in [0.29, 0.717) is 11.1 Å². The lowest BCUT2D eigenvalue weighted by Crippen LogP contribution is -2.64. The van der Waals surface area contributed by atoms with Gasteiger partial charge >= 0.3 is 17.6 Å². The first kappa shape index (κ1) is 31.2. The molecule has 0 aliphatic rings. The summed E-state index contributed by atoms with van der Waals surface area (Å²) in [6, 6.07) is 0. The summed E-state index contributed by atoms with van der Waals surface area (Å²) in [5.74, 6) is 0. The molecule has 6 atom stereocenters. The van der Waals surface area contributed by atoms with Crippen molar-refractivity contribution in [1.29, 1.82) is 0 Å². The number of rotatable bonds is 18. The van der Waals surface area contributed by atoms with Gasteiger partial charge in [-0.3, -0.25) is 0 Å². The average molecular weight is 479 g/mol. The SMILES string of the molecule is CCC(C)O[Si](OC(C)CC)(OC(C)CC)O[Si](OC(C)CC)(C(C)CC)C(C)CC. The van der Waals surface area contributed by atoms with E-state index in [0.717, 1.165) is 38.5 Å². The second kappa shape index (κ2) is 15.2. The number of hydrogen-bond donors (Lipinski definition) is 0. The van der Waals surface area contributed by atoms with Crippen LogP contribution in [-0.4, -0.2) is 42.0 Å². The van der Waals surface area contributed by atoms with E-state index in [-0.39, 0.29) is 24.4 Å². The highest BCUT2D eigenvalue weighted by molar-refractivity contribution is 6.78. The molecule has 6 unspecified atom stereocenters. The minimum atomic E-state index is -3.48. The molecule has 7 heteroatoms. The van der Waals surface area contributed by atoms with E-state index in [2.05, 4.69) is 83.1 Å². The van der Waals surface area contributed by atoms with E-state index in [1.807, 2.05) is 0 Å². The van der Waals surface area contributed by atoms with Gasteiger partial charge in [0.1, 0.15) is 0 Å². The lowest BCUT2D eigenvalue weighted by atomic mass is 10.3. The van der Waals surface area contributed by atoms with Gasteiger partial charge in [0.15, 0.2) is 0 Å². The molecule has 0 saturated heterocycles.